The number of imidazole rings is 1. The van der Waals surface area contributed by atoms with Gasteiger partial charge in [0.05, 0.1) is 29.1 Å². The molecule has 0 saturated carbocycles. The number of nitrogens with one attached hydrogen (secondary N) is 1. The van der Waals surface area contributed by atoms with E-state index in [4.69, 9.17) is 19.6 Å². The third kappa shape index (κ3) is 5.13. The smallest absolute Gasteiger partial charge is 0.210 e. The lowest BCUT2D eigenvalue weighted by Crippen LogP contribution is -2.33. The highest BCUT2D eigenvalue weighted by Gasteiger charge is 2.40. The molecule has 0 bridgehead atoms. The predicted molar refractivity (Wildman–Crippen MR) is 145 cm³/mol. The molecule has 1 aliphatic heterocycles. The number of rotatable bonds is 7. The fourth-order valence-electron chi connectivity index (χ4n) is 4.89. The molecule has 10 nitrogen and oxygen atoms in total. The lowest BCUT2D eigenvalue weighted by molar-refractivity contribution is -0.116. The normalized spacial score (nSPS) is 17.2. The van der Waals surface area contributed by atoms with Gasteiger partial charge in [-0.3, -0.25) is 14.5 Å². The van der Waals surface area contributed by atoms with Crippen molar-refractivity contribution < 1.29 is 14.3 Å². The van der Waals surface area contributed by atoms with Crippen molar-refractivity contribution in [2.24, 2.45) is 7.05 Å². The standard InChI is InChI=1S/C28H35N7O3/c1-17(36)12-18-13-19(8-10-29-18)38-20-14-21-25(30-16-20)32-26(34(21)7)31-24-15-23(27(2,3)4)35(33-24)22-9-11-37-28(22,5)6/h8,10,13-16,22H,9,11-12H2,1-7H3,(H,30,31,32,33)/t22-/m0/s1. The number of hydrogen-bond acceptors (Lipinski definition) is 8. The molecule has 200 valence electrons. The number of fused-ring (bicyclic) bond motifs is 1. The van der Waals surface area contributed by atoms with Gasteiger partial charge in [0.25, 0.3) is 0 Å². The van der Waals surface area contributed by atoms with Crippen LogP contribution >= 0.6 is 0 Å². The lowest BCUT2D eigenvalue weighted by Gasteiger charge is -2.30. The molecule has 5 heterocycles. The van der Waals surface area contributed by atoms with E-state index >= 15 is 0 Å². The summed E-state index contributed by atoms with van der Waals surface area (Å²) >= 11 is 0. The number of nitrogens with zero attached hydrogens (tertiary/aromatic N) is 6. The Morgan fingerprint density at radius 3 is 2.68 bits per heavy atom. The Hall–Kier alpha value is -3.79. The van der Waals surface area contributed by atoms with Gasteiger partial charge in [-0.15, -0.1) is 0 Å². The van der Waals surface area contributed by atoms with Crippen LogP contribution in [0.15, 0.2) is 36.7 Å². The Morgan fingerprint density at radius 1 is 1.21 bits per heavy atom. The molecule has 5 rings (SSSR count). The minimum atomic E-state index is -0.289. The first-order valence-corrected chi connectivity index (χ1v) is 12.9. The summed E-state index contributed by atoms with van der Waals surface area (Å²) in [6.45, 7) is 13.1. The Balaban J connectivity index is 1.42. The van der Waals surface area contributed by atoms with Gasteiger partial charge >= 0.3 is 0 Å². The average Bonchev–Trinajstić information content (AvgIpc) is 3.49. The number of ketones is 1. The van der Waals surface area contributed by atoms with Gasteiger partial charge in [-0.05, 0) is 33.3 Å². The predicted octanol–water partition coefficient (Wildman–Crippen LogP) is 5.26. The number of aryl methyl sites for hydroxylation is 1. The second-order valence-electron chi connectivity index (χ2n) is 11.5. The van der Waals surface area contributed by atoms with Crippen LogP contribution in [-0.2, 0) is 28.4 Å². The summed E-state index contributed by atoms with van der Waals surface area (Å²) in [7, 11) is 1.93. The number of anilines is 2. The van der Waals surface area contributed by atoms with E-state index in [1.165, 1.54) is 0 Å². The number of hydrogen-bond donors (Lipinski definition) is 1. The van der Waals surface area contributed by atoms with Crippen LogP contribution in [-0.4, -0.2) is 47.3 Å². The molecule has 1 saturated heterocycles. The van der Waals surface area contributed by atoms with E-state index in [9.17, 15) is 4.79 Å². The van der Waals surface area contributed by atoms with E-state index in [2.05, 4.69) is 60.7 Å². The number of Topliss-reactive ketones (excluding diaryl/α,β-unsaturated/α-hetero) is 1. The Bertz CT molecular complexity index is 1500. The first-order valence-electron chi connectivity index (χ1n) is 12.9. The molecule has 4 aromatic heterocycles. The summed E-state index contributed by atoms with van der Waals surface area (Å²) in [5.74, 6) is 2.56. The van der Waals surface area contributed by atoms with Gasteiger partial charge in [0.15, 0.2) is 11.5 Å². The fraction of sp³-hybridized carbons (Fsp3) is 0.464. The monoisotopic (exact) mass is 517 g/mol. The molecular weight excluding hydrogens is 482 g/mol. The molecule has 0 aliphatic carbocycles. The third-order valence-electron chi connectivity index (χ3n) is 6.87. The maximum atomic E-state index is 11.4. The molecule has 38 heavy (non-hydrogen) atoms. The van der Waals surface area contributed by atoms with E-state index in [0.29, 0.717) is 28.8 Å². The quantitative estimate of drug-likeness (QED) is 0.353. The van der Waals surface area contributed by atoms with E-state index in [0.717, 1.165) is 30.1 Å². The zero-order valence-corrected chi connectivity index (χ0v) is 23.1. The molecule has 0 spiro atoms. The minimum Gasteiger partial charge on any atom is -0.456 e. The molecule has 0 unspecified atom stereocenters. The van der Waals surface area contributed by atoms with Crippen LogP contribution in [0.4, 0.5) is 11.8 Å². The Kier molecular flexibility index (Phi) is 6.46. The van der Waals surface area contributed by atoms with Gasteiger partial charge in [0.2, 0.25) is 5.95 Å². The van der Waals surface area contributed by atoms with Crippen molar-refractivity contribution in [1.29, 1.82) is 0 Å². The van der Waals surface area contributed by atoms with Crippen molar-refractivity contribution in [1.82, 2.24) is 29.3 Å². The van der Waals surface area contributed by atoms with Gasteiger partial charge in [-0.1, -0.05) is 20.8 Å². The minimum absolute atomic E-state index is 0.0485. The van der Waals surface area contributed by atoms with Crippen LogP contribution < -0.4 is 10.1 Å². The van der Waals surface area contributed by atoms with Crippen LogP contribution in [0.25, 0.3) is 11.2 Å². The van der Waals surface area contributed by atoms with Gasteiger partial charge in [-0.2, -0.15) is 10.1 Å². The maximum absolute atomic E-state index is 11.4. The van der Waals surface area contributed by atoms with Crippen molar-refractivity contribution >= 4 is 28.7 Å². The van der Waals surface area contributed by atoms with Crippen molar-refractivity contribution in [3.8, 4) is 11.5 Å². The molecule has 0 aromatic carbocycles. The van der Waals surface area contributed by atoms with Gasteiger partial charge < -0.3 is 19.4 Å². The highest BCUT2D eigenvalue weighted by Crippen LogP contribution is 2.39. The zero-order chi connectivity index (χ0) is 27.2. The van der Waals surface area contributed by atoms with Crippen molar-refractivity contribution in [2.75, 3.05) is 11.9 Å². The number of aromatic nitrogens is 6. The topological polar surface area (TPSA) is 109 Å². The van der Waals surface area contributed by atoms with Crippen LogP contribution in [0.3, 0.4) is 0 Å². The number of carbonyl (C=O) groups is 1. The molecule has 4 aromatic rings. The molecule has 1 aliphatic rings. The summed E-state index contributed by atoms with van der Waals surface area (Å²) < 4.78 is 16.1. The van der Waals surface area contributed by atoms with Crippen molar-refractivity contribution in [3.05, 3.63) is 48.0 Å². The first kappa shape index (κ1) is 25.8. The van der Waals surface area contributed by atoms with Crippen LogP contribution in [0.2, 0.25) is 0 Å². The highest BCUT2D eigenvalue weighted by molar-refractivity contribution is 5.78. The second-order valence-corrected chi connectivity index (χ2v) is 11.5. The largest absolute Gasteiger partial charge is 0.456 e. The van der Waals surface area contributed by atoms with Crippen molar-refractivity contribution in [3.63, 3.8) is 0 Å². The zero-order valence-electron chi connectivity index (χ0n) is 23.1. The third-order valence-corrected chi connectivity index (χ3v) is 6.87. The molecule has 0 radical (unpaired) electrons. The second kappa shape index (κ2) is 9.50. The number of ether oxygens (including phenoxy) is 2. The summed E-state index contributed by atoms with van der Waals surface area (Å²) in [5, 5.41) is 8.36. The fourth-order valence-corrected chi connectivity index (χ4v) is 4.89. The Labute approximate surface area is 222 Å². The Morgan fingerprint density at radius 2 is 2.00 bits per heavy atom. The highest BCUT2D eigenvalue weighted by atomic mass is 16.5. The summed E-state index contributed by atoms with van der Waals surface area (Å²) in [4.78, 5) is 24.9. The first-order chi connectivity index (χ1) is 17.9. The summed E-state index contributed by atoms with van der Waals surface area (Å²) in [5.41, 5.74) is 2.82. The van der Waals surface area contributed by atoms with Crippen LogP contribution in [0, 0.1) is 0 Å². The van der Waals surface area contributed by atoms with Gasteiger partial charge in [0.1, 0.15) is 17.3 Å². The maximum Gasteiger partial charge on any atom is 0.210 e. The molecule has 1 N–H and O–H groups in total. The SMILES string of the molecule is CC(=O)Cc1cc(Oc2cnc3nc(Nc4cc(C(C)(C)C)n([C@H]5CCOC5(C)C)n4)n(C)c3c2)ccn1. The van der Waals surface area contributed by atoms with E-state index in [-0.39, 0.29) is 29.3 Å². The van der Waals surface area contributed by atoms with E-state index in [1.807, 2.05) is 17.7 Å². The van der Waals surface area contributed by atoms with Crippen LogP contribution in [0.1, 0.15) is 65.4 Å². The van der Waals surface area contributed by atoms with E-state index in [1.54, 1.807) is 31.5 Å². The molecule has 1 fully saturated rings. The summed E-state index contributed by atoms with van der Waals surface area (Å²) in [6, 6.07) is 7.66. The summed E-state index contributed by atoms with van der Waals surface area (Å²) in [6.07, 6.45) is 4.46. The molecule has 0 amide bonds. The van der Waals surface area contributed by atoms with Gasteiger partial charge in [0, 0.05) is 55.6 Å². The molecular formula is C28H35N7O3. The van der Waals surface area contributed by atoms with Crippen molar-refractivity contribution in [2.45, 2.75) is 71.4 Å². The van der Waals surface area contributed by atoms with Gasteiger partial charge in [-0.25, -0.2) is 4.98 Å². The number of pyridine rings is 2. The molecule has 1 atom stereocenters. The van der Waals surface area contributed by atoms with Crippen LogP contribution in [0.5, 0.6) is 11.5 Å². The number of carbonyl (C=O) groups excluding carboxylic acids is 1. The lowest BCUT2D eigenvalue weighted by atomic mass is 9.90. The average molecular weight is 518 g/mol. The molecule has 10 heteroatoms. The van der Waals surface area contributed by atoms with E-state index < -0.39 is 0 Å².